The first-order chi connectivity index (χ1) is 15.7. The molecule has 0 aromatic heterocycles. The molecule has 4 heterocycles. The Kier molecular flexibility index (Phi) is 5.43. The fraction of sp³-hybridized carbons (Fsp3) is 0.520. The van der Waals surface area contributed by atoms with Gasteiger partial charge in [0.2, 0.25) is 0 Å². The molecule has 4 aliphatic heterocycles. The molecule has 4 aliphatic rings. The second-order valence-corrected chi connectivity index (χ2v) is 9.22. The van der Waals surface area contributed by atoms with Gasteiger partial charge in [-0.1, -0.05) is 0 Å². The lowest BCUT2D eigenvalue weighted by Gasteiger charge is -2.26. The highest BCUT2D eigenvalue weighted by Crippen LogP contribution is 2.30. The molecule has 0 bridgehead atoms. The summed E-state index contributed by atoms with van der Waals surface area (Å²) in [6.07, 6.45) is 1.47. The molecule has 4 unspecified atom stereocenters. The number of anilines is 4. The second kappa shape index (κ2) is 8.56. The van der Waals surface area contributed by atoms with Crippen LogP contribution in [0.25, 0.3) is 0 Å². The summed E-state index contributed by atoms with van der Waals surface area (Å²) in [4.78, 5) is 7.00. The fourth-order valence-corrected chi connectivity index (χ4v) is 4.17. The summed E-state index contributed by atoms with van der Waals surface area (Å²) in [5, 5.41) is 0. The lowest BCUT2D eigenvalue weighted by molar-refractivity contribution is 0.388. The molecule has 2 aromatic carbocycles. The average Bonchev–Trinajstić information content (AvgIpc) is 3.63. The lowest BCUT2D eigenvalue weighted by atomic mass is 10.2. The summed E-state index contributed by atoms with van der Waals surface area (Å²) in [7, 11) is 2.12. The number of rotatable bonds is 12. The van der Waals surface area contributed by atoms with Crippen LogP contribution in [0.15, 0.2) is 48.5 Å². The Morgan fingerprint density at radius 1 is 0.531 bits per heavy atom. The molecule has 6 rings (SSSR count). The van der Waals surface area contributed by atoms with E-state index in [2.05, 4.69) is 70.3 Å². The minimum Gasteiger partial charge on any atom is -0.371 e. The second-order valence-electron chi connectivity index (χ2n) is 9.22. The van der Waals surface area contributed by atoms with Gasteiger partial charge < -0.3 is 33.6 Å². The maximum absolute atomic E-state index is 5.45. The van der Waals surface area contributed by atoms with E-state index in [1.165, 1.54) is 22.7 Å². The van der Waals surface area contributed by atoms with Gasteiger partial charge in [0.1, 0.15) is 0 Å². The van der Waals surface area contributed by atoms with Crippen LogP contribution in [0.5, 0.6) is 0 Å². The van der Waals surface area contributed by atoms with Crippen LogP contribution in [0.2, 0.25) is 0 Å². The van der Waals surface area contributed by atoms with Crippen LogP contribution in [-0.2, 0) is 18.9 Å². The van der Waals surface area contributed by atoms with Crippen molar-refractivity contribution >= 4 is 22.7 Å². The monoisotopic (exact) mass is 437 g/mol. The zero-order valence-corrected chi connectivity index (χ0v) is 18.6. The number of nitrogens with zero attached hydrogens (tertiary/aromatic N) is 3. The van der Waals surface area contributed by atoms with Gasteiger partial charge in [-0.3, -0.25) is 0 Å². The van der Waals surface area contributed by atoms with Crippen molar-refractivity contribution in [3.63, 3.8) is 0 Å². The number of hydrogen-bond donors (Lipinski definition) is 0. The predicted molar refractivity (Wildman–Crippen MR) is 124 cm³/mol. The van der Waals surface area contributed by atoms with E-state index in [-0.39, 0.29) is 0 Å². The van der Waals surface area contributed by atoms with Crippen molar-refractivity contribution in [3.05, 3.63) is 48.5 Å². The summed E-state index contributed by atoms with van der Waals surface area (Å²) in [6.45, 7) is 7.23. The number of hydrogen-bond acceptors (Lipinski definition) is 7. The van der Waals surface area contributed by atoms with Gasteiger partial charge in [-0.15, -0.1) is 0 Å². The van der Waals surface area contributed by atoms with Crippen molar-refractivity contribution in [1.82, 2.24) is 0 Å². The van der Waals surface area contributed by atoms with Crippen molar-refractivity contribution in [2.75, 3.05) is 74.4 Å². The Hall–Kier alpha value is -2.32. The molecule has 4 fully saturated rings. The van der Waals surface area contributed by atoms with E-state index in [1.54, 1.807) is 0 Å². The molecular formula is C25H31N3O4. The Labute approximate surface area is 189 Å². The van der Waals surface area contributed by atoms with Crippen LogP contribution in [0.4, 0.5) is 22.7 Å². The van der Waals surface area contributed by atoms with Crippen molar-refractivity contribution < 1.29 is 18.9 Å². The minimum absolute atomic E-state index is 0.368. The van der Waals surface area contributed by atoms with Gasteiger partial charge in [0.05, 0.1) is 50.8 Å². The first-order valence-corrected chi connectivity index (χ1v) is 11.6. The van der Waals surface area contributed by atoms with E-state index in [9.17, 15) is 0 Å². The third kappa shape index (κ3) is 5.18. The van der Waals surface area contributed by atoms with Crippen LogP contribution in [0, 0.1) is 0 Å². The Morgan fingerprint density at radius 2 is 0.781 bits per heavy atom. The third-order valence-electron chi connectivity index (χ3n) is 6.51. The molecule has 4 atom stereocenters. The van der Waals surface area contributed by atoms with Gasteiger partial charge in [0.25, 0.3) is 0 Å². The van der Waals surface area contributed by atoms with Crippen LogP contribution >= 0.6 is 0 Å². The Balaban J connectivity index is 1.12. The van der Waals surface area contributed by atoms with Crippen LogP contribution < -0.4 is 14.7 Å². The largest absolute Gasteiger partial charge is 0.371 e. The molecule has 0 radical (unpaired) electrons. The first kappa shape index (κ1) is 20.3. The van der Waals surface area contributed by atoms with Gasteiger partial charge in [-0.05, 0) is 48.5 Å². The summed E-state index contributed by atoms with van der Waals surface area (Å²) in [6, 6.07) is 17.6. The standard InChI is InChI=1S/C25H31N3O4/c1-26(18-2-6-20(7-3-18)27(10-22-14-29-22)11-23-15-30-23)19-4-8-21(9-5-19)28(12-24-16-31-24)13-25-17-32-25/h2-9,22-25H,10-17H2,1H3. The van der Waals surface area contributed by atoms with E-state index < -0.39 is 0 Å². The normalized spacial score (nSPS) is 27.0. The van der Waals surface area contributed by atoms with Crippen molar-refractivity contribution in [3.8, 4) is 0 Å². The van der Waals surface area contributed by atoms with Crippen LogP contribution in [0.3, 0.4) is 0 Å². The molecule has 170 valence electrons. The maximum atomic E-state index is 5.45. The van der Waals surface area contributed by atoms with E-state index in [4.69, 9.17) is 18.9 Å². The molecule has 0 saturated carbocycles. The topological polar surface area (TPSA) is 59.8 Å². The molecule has 4 saturated heterocycles. The summed E-state index contributed by atoms with van der Waals surface area (Å²) in [5.41, 5.74) is 4.79. The fourth-order valence-electron chi connectivity index (χ4n) is 4.17. The highest BCUT2D eigenvalue weighted by atomic mass is 16.6. The molecule has 32 heavy (non-hydrogen) atoms. The van der Waals surface area contributed by atoms with Gasteiger partial charge in [-0.25, -0.2) is 0 Å². The van der Waals surface area contributed by atoms with E-state index in [0.717, 1.165) is 52.6 Å². The van der Waals surface area contributed by atoms with E-state index in [0.29, 0.717) is 24.4 Å². The smallest absolute Gasteiger partial charge is 0.0984 e. The first-order valence-electron chi connectivity index (χ1n) is 11.6. The van der Waals surface area contributed by atoms with Gasteiger partial charge >= 0.3 is 0 Å². The molecule has 0 N–H and O–H groups in total. The Bertz CT molecular complexity index is 802. The lowest BCUT2D eigenvalue weighted by Crippen LogP contribution is -2.31. The quantitative estimate of drug-likeness (QED) is 0.473. The minimum atomic E-state index is 0.368. The molecule has 0 aliphatic carbocycles. The van der Waals surface area contributed by atoms with Gasteiger partial charge in [0, 0.05) is 56.0 Å². The summed E-state index contributed by atoms with van der Waals surface area (Å²) in [5.74, 6) is 0. The predicted octanol–water partition coefficient (Wildman–Crippen LogP) is 2.66. The Morgan fingerprint density at radius 3 is 1.03 bits per heavy atom. The third-order valence-corrected chi connectivity index (χ3v) is 6.51. The highest BCUT2D eigenvalue weighted by Gasteiger charge is 2.32. The molecule has 0 amide bonds. The van der Waals surface area contributed by atoms with Crippen LogP contribution in [0.1, 0.15) is 0 Å². The highest BCUT2D eigenvalue weighted by molar-refractivity contribution is 5.67. The van der Waals surface area contributed by atoms with Gasteiger partial charge in [0.15, 0.2) is 0 Å². The SMILES string of the molecule is CN(c1ccc(N(CC2CO2)CC2CO2)cc1)c1ccc(N(CC2CO2)CC2CO2)cc1. The molecule has 7 heteroatoms. The number of epoxide rings is 4. The zero-order valence-electron chi connectivity index (χ0n) is 18.6. The molecule has 0 spiro atoms. The average molecular weight is 438 g/mol. The van der Waals surface area contributed by atoms with Crippen molar-refractivity contribution in [2.45, 2.75) is 24.4 Å². The number of ether oxygens (including phenoxy) is 4. The zero-order chi connectivity index (χ0) is 21.5. The van der Waals surface area contributed by atoms with E-state index in [1.807, 2.05) is 0 Å². The summed E-state index contributed by atoms with van der Waals surface area (Å²) >= 11 is 0. The maximum Gasteiger partial charge on any atom is 0.0984 e. The van der Waals surface area contributed by atoms with Crippen LogP contribution in [-0.4, -0.2) is 84.1 Å². The van der Waals surface area contributed by atoms with Crippen molar-refractivity contribution in [1.29, 1.82) is 0 Å². The summed E-state index contributed by atoms with van der Waals surface area (Å²) < 4.78 is 21.8. The molecule has 2 aromatic rings. The molecular weight excluding hydrogens is 406 g/mol. The van der Waals surface area contributed by atoms with E-state index >= 15 is 0 Å². The van der Waals surface area contributed by atoms with Crippen molar-refractivity contribution in [2.24, 2.45) is 0 Å². The van der Waals surface area contributed by atoms with Gasteiger partial charge in [-0.2, -0.15) is 0 Å². The number of benzene rings is 2. The molecule has 7 nitrogen and oxygen atoms in total.